The van der Waals surface area contributed by atoms with E-state index in [4.69, 9.17) is 14.5 Å². The monoisotopic (exact) mass is 399 g/mol. The van der Waals surface area contributed by atoms with E-state index >= 15 is 0 Å². The molecule has 0 bridgehead atoms. The Morgan fingerprint density at radius 2 is 1.62 bits per heavy atom. The van der Waals surface area contributed by atoms with Crippen LogP contribution in [-0.2, 0) is 12.8 Å². The van der Waals surface area contributed by atoms with Crippen molar-refractivity contribution in [3.63, 3.8) is 0 Å². The molecule has 0 amide bonds. The molecule has 4 aromatic rings. The molecule has 0 N–H and O–H groups in total. The van der Waals surface area contributed by atoms with Crippen molar-refractivity contribution in [3.05, 3.63) is 65.0 Å². The summed E-state index contributed by atoms with van der Waals surface area (Å²) in [5.74, 6) is 1.62. The van der Waals surface area contributed by atoms with Crippen LogP contribution in [0.1, 0.15) is 23.3 Å². The van der Waals surface area contributed by atoms with Crippen LogP contribution in [0.4, 0.5) is 0 Å². The molecule has 2 aromatic heterocycles. The molecule has 4 heteroatoms. The smallest absolute Gasteiger partial charge is 0.162 e. The van der Waals surface area contributed by atoms with Gasteiger partial charge in [0.1, 0.15) is 18.0 Å². The van der Waals surface area contributed by atoms with E-state index in [9.17, 15) is 0 Å². The maximum atomic E-state index is 5.80. The lowest BCUT2D eigenvalue weighted by atomic mass is 9.92. The molecule has 0 saturated carbocycles. The first-order valence-corrected chi connectivity index (χ1v) is 11.1. The fourth-order valence-corrected chi connectivity index (χ4v) is 5.74. The quantitative estimate of drug-likeness (QED) is 0.397. The van der Waals surface area contributed by atoms with Gasteiger partial charge in [0.25, 0.3) is 0 Å². The third-order valence-electron chi connectivity index (χ3n) is 5.85. The first-order valence-electron chi connectivity index (χ1n) is 10.3. The second-order valence-corrected chi connectivity index (χ2v) is 8.75. The zero-order valence-electron chi connectivity index (χ0n) is 16.1. The van der Waals surface area contributed by atoms with E-state index in [0.717, 1.165) is 27.6 Å². The number of hydrogen-bond acceptors (Lipinski definition) is 4. The highest BCUT2D eigenvalue weighted by molar-refractivity contribution is 7.19. The number of thiophene rings is 1. The minimum atomic E-state index is 0.593. The van der Waals surface area contributed by atoms with Crippen molar-refractivity contribution in [1.82, 2.24) is 4.98 Å². The van der Waals surface area contributed by atoms with Crippen LogP contribution in [0, 0.1) is 0 Å². The Bertz CT molecular complexity index is 1210. The third-order valence-corrected chi connectivity index (χ3v) is 7.03. The first kappa shape index (κ1) is 17.0. The molecule has 2 aromatic carbocycles. The highest BCUT2D eigenvalue weighted by atomic mass is 32.1. The van der Waals surface area contributed by atoms with Crippen LogP contribution in [0.15, 0.2) is 54.6 Å². The molecule has 3 heterocycles. The molecule has 6 rings (SSSR count). The summed E-state index contributed by atoms with van der Waals surface area (Å²) in [6.45, 7) is 1.20. The number of nitrogens with zero attached hydrogens (tertiary/aromatic N) is 1. The molecule has 0 atom stereocenters. The summed E-state index contributed by atoms with van der Waals surface area (Å²) in [5, 5.41) is 1.36. The van der Waals surface area contributed by atoms with Gasteiger partial charge in [0, 0.05) is 15.8 Å². The molecule has 1 aliphatic heterocycles. The molecule has 29 heavy (non-hydrogen) atoms. The Labute approximate surface area is 173 Å². The Balaban J connectivity index is 1.59. The Kier molecular flexibility index (Phi) is 4.05. The summed E-state index contributed by atoms with van der Waals surface area (Å²) >= 11 is 1.88. The number of benzene rings is 2. The van der Waals surface area contributed by atoms with Gasteiger partial charge in [-0.15, -0.1) is 11.3 Å². The van der Waals surface area contributed by atoms with E-state index < -0.39 is 0 Å². The average Bonchev–Trinajstić information content (AvgIpc) is 3.17. The van der Waals surface area contributed by atoms with Gasteiger partial charge in [-0.3, -0.25) is 0 Å². The highest BCUT2D eigenvalue weighted by Gasteiger charge is 2.22. The van der Waals surface area contributed by atoms with E-state index in [0.29, 0.717) is 13.2 Å². The number of fused-ring (bicyclic) bond motifs is 4. The fraction of sp³-hybridized carbons (Fsp3) is 0.240. The summed E-state index contributed by atoms with van der Waals surface area (Å²) < 4.78 is 11.5. The van der Waals surface area contributed by atoms with Crippen molar-refractivity contribution < 1.29 is 9.47 Å². The minimum absolute atomic E-state index is 0.593. The van der Waals surface area contributed by atoms with Crippen molar-refractivity contribution in [3.8, 4) is 33.9 Å². The lowest BCUT2D eigenvalue weighted by molar-refractivity contribution is 0.171. The van der Waals surface area contributed by atoms with Crippen molar-refractivity contribution in [2.75, 3.05) is 13.2 Å². The molecule has 1 aliphatic carbocycles. The van der Waals surface area contributed by atoms with Gasteiger partial charge in [-0.05, 0) is 66.6 Å². The van der Waals surface area contributed by atoms with Gasteiger partial charge in [0.2, 0.25) is 0 Å². The lowest BCUT2D eigenvalue weighted by Crippen LogP contribution is -2.15. The number of pyridine rings is 1. The normalized spacial score (nSPS) is 15.3. The Morgan fingerprint density at radius 1 is 0.793 bits per heavy atom. The second-order valence-electron chi connectivity index (χ2n) is 7.67. The fourth-order valence-electron chi connectivity index (χ4n) is 4.45. The maximum Gasteiger partial charge on any atom is 0.162 e. The van der Waals surface area contributed by atoms with Crippen molar-refractivity contribution in [1.29, 1.82) is 0 Å². The highest BCUT2D eigenvalue weighted by Crippen LogP contribution is 2.43. The van der Waals surface area contributed by atoms with Gasteiger partial charge in [-0.1, -0.05) is 30.3 Å². The summed E-state index contributed by atoms with van der Waals surface area (Å²) in [6, 6.07) is 19.1. The predicted octanol–water partition coefficient (Wildman–Crippen LogP) is 6.28. The van der Waals surface area contributed by atoms with Gasteiger partial charge < -0.3 is 9.47 Å². The van der Waals surface area contributed by atoms with Gasteiger partial charge in [0.05, 0.1) is 5.69 Å². The maximum absolute atomic E-state index is 5.80. The standard InChI is InChI=1S/C25H21NO2S/c1-2-6-16(7-3-1)19-15-20(17-10-11-21-22(14-17)28-13-12-27-21)26-25-24(19)18-8-4-5-9-23(18)29-25/h1-3,6-7,10-11,14-15H,4-5,8-9,12-13H2. The largest absolute Gasteiger partial charge is 0.486 e. The van der Waals surface area contributed by atoms with Crippen LogP contribution in [0.5, 0.6) is 11.5 Å². The summed E-state index contributed by atoms with van der Waals surface area (Å²) in [7, 11) is 0. The van der Waals surface area contributed by atoms with E-state index in [1.807, 2.05) is 17.4 Å². The zero-order chi connectivity index (χ0) is 19.2. The van der Waals surface area contributed by atoms with Crippen molar-refractivity contribution in [2.45, 2.75) is 25.7 Å². The Morgan fingerprint density at radius 3 is 2.52 bits per heavy atom. The van der Waals surface area contributed by atoms with E-state index in [1.54, 1.807) is 0 Å². The zero-order valence-corrected chi connectivity index (χ0v) is 16.9. The van der Waals surface area contributed by atoms with Gasteiger partial charge in [-0.25, -0.2) is 4.98 Å². The van der Waals surface area contributed by atoms with Crippen LogP contribution < -0.4 is 9.47 Å². The molecular weight excluding hydrogens is 378 g/mol. The van der Waals surface area contributed by atoms with Crippen LogP contribution >= 0.6 is 11.3 Å². The molecule has 0 radical (unpaired) electrons. The van der Waals surface area contributed by atoms with Gasteiger partial charge in [0.15, 0.2) is 11.5 Å². The lowest BCUT2D eigenvalue weighted by Gasteiger charge is -2.19. The van der Waals surface area contributed by atoms with E-state index in [1.165, 1.54) is 52.6 Å². The number of ether oxygens (including phenoxy) is 2. The van der Waals surface area contributed by atoms with Crippen LogP contribution in [0.2, 0.25) is 0 Å². The topological polar surface area (TPSA) is 31.4 Å². The summed E-state index contributed by atoms with van der Waals surface area (Å²) in [6.07, 6.45) is 4.91. The molecule has 0 unspecified atom stereocenters. The molecule has 144 valence electrons. The first-order chi connectivity index (χ1) is 14.4. The molecule has 0 saturated heterocycles. The molecular formula is C25H21NO2S. The van der Waals surface area contributed by atoms with E-state index in [-0.39, 0.29) is 0 Å². The number of rotatable bonds is 2. The van der Waals surface area contributed by atoms with E-state index in [2.05, 4.69) is 48.5 Å². The van der Waals surface area contributed by atoms with Crippen molar-refractivity contribution in [2.24, 2.45) is 0 Å². The minimum Gasteiger partial charge on any atom is -0.486 e. The van der Waals surface area contributed by atoms with Crippen LogP contribution in [-0.4, -0.2) is 18.2 Å². The second kappa shape index (κ2) is 6.89. The van der Waals surface area contributed by atoms with Crippen LogP contribution in [0.25, 0.3) is 32.6 Å². The number of hydrogen-bond donors (Lipinski definition) is 0. The average molecular weight is 400 g/mol. The van der Waals surface area contributed by atoms with Gasteiger partial charge >= 0.3 is 0 Å². The molecule has 0 spiro atoms. The summed E-state index contributed by atoms with van der Waals surface area (Å²) in [5.41, 5.74) is 6.13. The molecule has 3 nitrogen and oxygen atoms in total. The summed E-state index contributed by atoms with van der Waals surface area (Å²) in [4.78, 5) is 7.79. The molecule has 0 fully saturated rings. The Hall–Kier alpha value is -2.85. The SMILES string of the molecule is c1ccc(-c2cc(-c3ccc4c(c3)OCCO4)nc3sc4c(c23)CCCC4)cc1. The van der Waals surface area contributed by atoms with Crippen molar-refractivity contribution >= 4 is 21.6 Å². The number of aryl methyl sites for hydroxylation is 2. The van der Waals surface area contributed by atoms with Gasteiger partial charge in [-0.2, -0.15) is 0 Å². The third kappa shape index (κ3) is 2.90. The molecule has 2 aliphatic rings. The predicted molar refractivity (Wildman–Crippen MR) is 118 cm³/mol. The number of aromatic nitrogens is 1. The van der Waals surface area contributed by atoms with Crippen LogP contribution in [0.3, 0.4) is 0 Å².